The molecular formula is C19H21F2N7O. The summed E-state index contributed by atoms with van der Waals surface area (Å²) in [5.41, 5.74) is 0.631. The van der Waals surface area contributed by atoms with Crippen molar-refractivity contribution in [3.05, 3.63) is 36.4 Å². The fourth-order valence-electron chi connectivity index (χ4n) is 3.96. The Morgan fingerprint density at radius 2 is 2.00 bits per heavy atom. The number of rotatable bonds is 4. The highest BCUT2D eigenvalue weighted by Crippen LogP contribution is 2.42. The zero-order chi connectivity index (χ0) is 20.2. The number of imidazole rings is 1. The quantitative estimate of drug-likeness (QED) is 0.713. The first-order valence-corrected chi connectivity index (χ1v) is 9.57. The van der Waals surface area contributed by atoms with Gasteiger partial charge in [0.25, 0.3) is 6.43 Å². The normalized spacial score (nSPS) is 21.8. The zero-order valence-electron chi connectivity index (χ0n) is 15.9. The van der Waals surface area contributed by atoms with Gasteiger partial charge in [-0.1, -0.05) is 0 Å². The molecule has 5 rings (SSSR count). The number of halogens is 2. The minimum atomic E-state index is -2.66. The molecule has 1 aliphatic heterocycles. The molecular weight excluding hydrogens is 380 g/mol. The van der Waals surface area contributed by atoms with E-state index in [1.807, 2.05) is 13.1 Å². The van der Waals surface area contributed by atoms with Crippen molar-refractivity contribution >= 4 is 11.5 Å². The van der Waals surface area contributed by atoms with E-state index < -0.39 is 12.0 Å². The van der Waals surface area contributed by atoms with Crippen molar-refractivity contribution in [3.63, 3.8) is 0 Å². The molecule has 1 saturated carbocycles. The van der Waals surface area contributed by atoms with Gasteiger partial charge in [-0.25, -0.2) is 28.2 Å². The number of nitrogens with zero attached hydrogens (tertiary/aromatic N) is 7. The van der Waals surface area contributed by atoms with Crippen molar-refractivity contribution in [2.75, 3.05) is 31.6 Å². The second kappa shape index (κ2) is 6.67. The van der Waals surface area contributed by atoms with E-state index in [4.69, 9.17) is 0 Å². The van der Waals surface area contributed by atoms with Crippen LogP contribution in [0.15, 0.2) is 30.7 Å². The second-order valence-corrected chi connectivity index (χ2v) is 7.78. The number of piperazine rings is 1. The molecule has 4 heterocycles. The lowest BCUT2D eigenvalue weighted by molar-refractivity contribution is 0.0364. The highest BCUT2D eigenvalue weighted by atomic mass is 19.3. The molecule has 0 radical (unpaired) electrons. The Bertz CT molecular complexity index is 1050. The third-order valence-electron chi connectivity index (χ3n) is 5.88. The Morgan fingerprint density at radius 1 is 1.17 bits per heavy atom. The lowest BCUT2D eigenvalue weighted by Gasteiger charge is -2.42. The lowest BCUT2D eigenvalue weighted by atomic mass is 10.0. The van der Waals surface area contributed by atoms with Gasteiger partial charge in [-0.05, 0) is 32.0 Å². The van der Waals surface area contributed by atoms with Crippen molar-refractivity contribution in [3.8, 4) is 11.4 Å². The molecule has 1 saturated heterocycles. The van der Waals surface area contributed by atoms with Gasteiger partial charge in [0.2, 0.25) is 0 Å². The van der Waals surface area contributed by atoms with Crippen molar-refractivity contribution < 1.29 is 13.9 Å². The molecule has 1 N–H and O–H groups in total. The van der Waals surface area contributed by atoms with Gasteiger partial charge in [-0.2, -0.15) is 5.10 Å². The molecule has 8 nitrogen and oxygen atoms in total. The van der Waals surface area contributed by atoms with Crippen LogP contribution in [-0.2, 0) is 0 Å². The highest BCUT2D eigenvalue weighted by Gasteiger charge is 2.51. The molecule has 0 aromatic carbocycles. The van der Waals surface area contributed by atoms with E-state index in [0.29, 0.717) is 23.6 Å². The molecule has 3 aromatic rings. The Hall–Kier alpha value is -2.72. The van der Waals surface area contributed by atoms with Gasteiger partial charge in [-0.3, -0.25) is 4.90 Å². The maximum atomic E-state index is 13.1. The first-order chi connectivity index (χ1) is 13.9. The Morgan fingerprint density at radius 3 is 2.76 bits per heavy atom. The molecule has 2 fully saturated rings. The fourth-order valence-corrected chi connectivity index (χ4v) is 3.96. The number of fused-ring (bicyclic) bond motifs is 1. The number of likely N-dealkylation sites (N-methyl/N-ethyl adjacent to an activating group) is 1. The molecule has 1 aliphatic carbocycles. The van der Waals surface area contributed by atoms with E-state index >= 15 is 0 Å². The van der Waals surface area contributed by atoms with Crippen LogP contribution in [0, 0.1) is 0 Å². The maximum absolute atomic E-state index is 13.1. The summed E-state index contributed by atoms with van der Waals surface area (Å²) >= 11 is 0. The van der Waals surface area contributed by atoms with Crippen LogP contribution >= 0.6 is 0 Å². The summed E-state index contributed by atoms with van der Waals surface area (Å²) in [5.74, 6) is 0.734. The summed E-state index contributed by atoms with van der Waals surface area (Å²) in [4.78, 5) is 17.3. The number of aliphatic hydroxyl groups is 1. The number of alkyl halides is 2. The summed E-state index contributed by atoms with van der Waals surface area (Å²) in [5, 5.41) is 14.6. The monoisotopic (exact) mass is 401 g/mol. The standard InChI is InChI=1S/C19H21F2N7O/c1-26-6-7-27(10-15(26)19(29)4-5-19)17-8-13(23-11-24-17)14-9-22-16-3-2-12(18(20)21)25-28(14)16/h2-3,8-9,11,15,18,29H,4-7,10H2,1H3. The van der Waals surface area contributed by atoms with Crippen LogP contribution in [0.5, 0.6) is 0 Å². The molecule has 10 heteroatoms. The van der Waals surface area contributed by atoms with Crippen molar-refractivity contribution in [1.29, 1.82) is 0 Å². The summed E-state index contributed by atoms with van der Waals surface area (Å²) in [6, 6.07) is 4.66. The number of hydrogen-bond donors (Lipinski definition) is 1. The zero-order valence-corrected chi connectivity index (χ0v) is 15.9. The predicted molar refractivity (Wildman–Crippen MR) is 102 cm³/mol. The number of hydrogen-bond acceptors (Lipinski definition) is 7. The molecule has 3 aromatic heterocycles. The van der Waals surface area contributed by atoms with Gasteiger partial charge in [-0.15, -0.1) is 0 Å². The van der Waals surface area contributed by atoms with E-state index in [0.717, 1.165) is 31.7 Å². The average molecular weight is 401 g/mol. The van der Waals surface area contributed by atoms with E-state index in [2.05, 4.69) is 29.9 Å². The van der Waals surface area contributed by atoms with Crippen LogP contribution in [0.3, 0.4) is 0 Å². The predicted octanol–water partition coefficient (Wildman–Crippen LogP) is 1.77. The first kappa shape index (κ1) is 18.3. The number of anilines is 1. The van der Waals surface area contributed by atoms with Gasteiger partial charge in [0.15, 0.2) is 5.65 Å². The van der Waals surface area contributed by atoms with Gasteiger partial charge in [0, 0.05) is 25.7 Å². The van der Waals surface area contributed by atoms with E-state index in [9.17, 15) is 13.9 Å². The molecule has 1 unspecified atom stereocenters. The SMILES string of the molecule is CN1CCN(c2cc(-c3cnc4ccc(C(F)F)nn34)ncn2)CC1C1(O)CC1. The topological polar surface area (TPSA) is 82.7 Å². The van der Waals surface area contributed by atoms with Gasteiger partial charge < -0.3 is 10.0 Å². The van der Waals surface area contributed by atoms with Gasteiger partial charge in [0.05, 0.1) is 23.5 Å². The molecule has 1 atom stereocenters. The van der Waals surface area contributed by atoms with E-state index in [1.165, 1.54) is 23.0 Å². The third-order valence-corrected chi connectivity index (χ3v) is 5.88. The average Bonchev–Trinajstić information content (AvgIpc) is 3.33. The number of aromatic nitrogens is 5. The van der Waals surface area contributed by atoms with Crippen LogP contribution in [-0.4, -0.2) is 72.9 Å². The van der Waals surface area contributed by atoms with Crippen LogP contribution < -0.4 is 4.90 Å². The Balaban J connectivity index is 1.47. The van der Waals surface area contributed by atoms with Crippen LogP contribution in [0.4, 0.5) is 14.6 Å². The summed E-state index contributed by atoms with van der Waals surface area (Å²) in [6.45, 7) is 2.27. The molecule has 0 spiro atoms. The van der Waals surface area contributed by atoms with Gasteiger partial charge >= 0.3 is 0 Å². The Kier molecular flexibility index (Phi) is 4.21. The van der Waals surface area contributed by atoms with E-state index in [-0.39, 0.29) is 11.7 Å². The smallest absolute Gasteiger partial charge is 0.282 e. The molecule has 0 bridgehead atoms. The second-order valence-electron chi connectivity index (χ2n) is 7.78. The third kappa shape index (κ3) is 3.22. The minimum Gasteiger partial charge on any atom is -0.388 e. The van der Waals surface area contributed by atoms with Crippen LogP contribution in [0.1, 0.15) is 25.0 Å². The van der Waals surface area contributed by atoms with Crippen molar-refractivity contribution in [2.45, 2.75) is 30.9 Å². The fraction of sp³-hybridized carbons (Fsp3) is 0.474. The Labute approximate surface area is 165 Å². The van der Waals surface area contributed by atoms with Crippen LogP contribution in [0.2, 0.25) is 0 Å². The van der Waals surface area contributed by atoms with Crippen molar-refractivity contribution in [1.82, 2.24) is 29.5 Å². The van der Waals surface area contributed by atoms with Gasteiger partial charge in [0.1, 0.15) is 23.5 Å². The molecule has 0 amide bonds. The minimum absolute atomic E-state index is 0.0562. The largest absolute Gasteiger partial charge is 0.388 e. The van der Waals surface area contributed by atoms with E-state index in [1.54, 1.807) is 6.20 Å². The molecule has 2 aliphatic rings. The van der Waals surface area contributed by atoms with Crippen LogP contribution in [0.25, 0.3) is 17.0 Å². The highest BCUT2D eigenvalue weighted by molar-refractivity contribution is 5.62. The maximum Gasteiger partial charge on any atom is 0.282 e. The lowest BCUT2D eigenvalue weighted by Crippen LogP contribution is -2.57. The summed E-state index contributed by atoms with van der Waals surface area (Å²) in [7, 11) is 2.04. The van der Waals surface area contributed by atoms with Crippen molar-refractivity contribution in [2.24, 2.45) is 0 Å². The molecule has 29 heavy (non-hydrogen) atoms. The summed E-state index contributed by atoms with van der Waals surface area (Å²) in [6.07, 6.45) is 2.02. The first-order valence-electron chi connectivity index (χ1n) is 9.57. The summed E-state index contributed by atoms with van der Waals surface area (Å²) < 4.78 is 27.5. The molecule has 152 valence electrons.